The number of rotatable bonds is 6. The maximum absolute atomic E-state index is 13.4. The van der Waals surface area contributed by atoms with Gasteiger partial charge in [0.2, 0.25) is 5.91 Å². The van der Waals surface area contributed by atoms with Crippen molar-refractivity contribution in [1.29, 1.82) is 0 Å². The summed E-state index contributed by atoms with van der Waals surface area (Å²) in [6.07, 6.45) is 1.43. The average Bonchev–Trinajstić information content (AvgIpc) is 3.07. The van der Waals surface area contributed by atoms with E-state index < -0.39 is 23.7 Å². The molecule has 0 aliphatic carbocycles. The molecule has 2 aromatic rings. The van der Waals surface area contributed by atoms with Crippen molar-refractivity contribution in [3.05, 3.63) is 70.5 Å². The lowest BCUT2D eigenvalue weighted by molar-refractivity contribution is -0.139. The Labute approximate surface area is 162 Å². The van der Waals surface area contributed by atoms with Crippen LogP contribution in [0.5, 0.6) is 0 Å². The van der Waals surface area contributed by atoms with Crippen molar-refractivity contribution in [2.75, 3.05) is 6.54 Å². The highest BCUT2D eigenvalue weighted by atomic mass is 19.1. The molecule has 1 fully saturated rings. The fourth-order valence-electron chi connectivity index (χ4n) is 3.20. The van der Waals surface area contributed by atoms with Crippen LogP contribution in [0.15, 0.2) is 42.5 Å². The highest BCUT2D eigenvalue weighted by molar-refractivity contribution is 5.96. The second kappa shape index (κ2) is 8.21. The highest BCUT2D eigenvalue weighted by Crippen LogP contribution is 2.19. The Kier molecular flexibility index (Phi) is 5.73. The van der Waals surface area contributed by atoms with Crippen LogP contribution in [0.4, 0.5) is 4.39 Å². The number of carboxylic acids is 1. The van der Waals surface area contributed by atoms with E-state index >= 15 is 0 Å². The van der Waals surface area contributed by atoms with E-state index in [1.54, 1.807) is 29.2 Å². The molecule has 0 aromatic heterocycles. The topological polar surface area (TPSA) is 86.7 Å². The summed E-state index contributed by atoms with van der Waals surface area (Å²) in [4.78, 5) is 37.5. The first-order valence-corrected chi connectivity index (χ1v) is 9.01. The molecule has 0 saturated carbocycles. The van der Waals surface area contributed by atoms with Crippen LogP contribution in [0.25, 0.3) is 0 Å². The number of aryl methyl sites for hydroxylation is 1. The Morgan fingerprint density at radius 3 is 2.50 bits per heavy atom. The number of hydrogen-bond donors (Lipinski definition) is 2. The number of likely N-dealkylation sites (tertiary alicyclic amines) is 1. The van der Waals surface area contributed by atoms with E-state index in [4.69, 9.17) is 0 Å². The predicted octanol–water partition coefficient (Wildman–Crippen LogP) is 2.81. The Morgan fingerprint density at radius 2 is 1.93 bits per heavy atom. The zero-order valence-electron chi connectivity index (χ0n) is 15.4. The SMILES string of the molecule is Cc1cc(C(NC(=O)c2ccc(CN3CCCC3=O)cc2)C(=O)O)ccc1F. The van der Waals surface area contributed by atoms with E-state index in [0.29, 0.717) is 29.7 Å². The summed E-state index contributed by atoms with van der Waals surface area (Å²) in [5.74, 6) is -2.09. The minimum Gasteiger partial charge on any atom is -0.479 e. The molecule has 2 amide bonds. The fraction of sp³-hybridized carbons (Fsp3) is 0.286. The van der Waals surface area contributed by atoms with Gasteiger partial charge >= 0.3 is 5.97 Å². The molecule has 1 heterocycles. The van der Waals surface area contributed by atoms with Gasteiger partial charge in [0.25, 0.3) is 5.91 Å². The maximum atomic E-state index is 13.4. The van der Waals surface area contributed by atoms with E-state index in [2.05, 4.69) is 5.32 Å². The van der Waals surface area contributed by atoms with E-state index in [0.717, 1.165) is 18.5 Å². The summed E-state index contributed by atoms with van der Waals surface area (Å²) in [5, 5.41) is 11.9. The molecule has 1 atom stereocenters. The van der Waals surface area contributed by atoms with Crippen LogP contribution < -0.4 is 5.32 Å². The predicted molar refractivity (Wildman–Crippen MR) is 100 cm³/mol. The molecule has 3 rings (SSSR count). The maximum Gasteiger partial charge on any atom is 0.330 e. The summed E-state index contributed by atoms with van der Waals surface area (Å²) >= 11 is 0. The zero-order valence-corrected chi connectivity index (χ0v) is 15.4. The quantitative estimate of drug-likeness (QED) is 0.802. The average molecular weight is 384 g/mol. The summed E-state index contributed by atoms with van der Waals surface area (Å²) < 4.78 is 13.4. The van der Waals surface area contributed by atoms with Crippen LogP contribution in [0.3, 0.4) is 0 Å². The van der Waals surface area contributed by atoms with E-state index in [1.807, 2.05) is 0 Å². The second-order valence-corrected chi connectivity index (χ2v) is 6.87. The molecule has 146 valence electrons. The molecule has 6 nitrogen and oxygen atoms in total. The summed E-state index contributed by atoms with van der Waals surface area (Å²) in [6, 6.07) is 9.34. The molecule has 1 aliphatic heterocycles. The van der Waals surface area contributed by atoms with E-state index in [9.17, 15) is 23.9 Å². The summed E-state index contributed by atoms with van der Waals surface area (Å²) in [6.45, 7) is 2.76. The van der Waals surface area contributed by atoms with Crippen molar-refractivity contribution in [3.63, 3.8) is 0 Å². The van der Waals surface area contributed by atoms with Gasteiger partial charge in [-0.05, 0) is 48.2 Å². The molecule has 28 heavy (non-hydrogen) atoms. The van der Waals surface area contributed by atoms with Gasteiger partial charge in [-0.15, -0.1) is 0 Å². The molecule has 0 spiro atoms. The third-order valence-electron chi connectivity index (χ3n) is 4.80. The van der Waals surface area contributed by atoms with Gasteiger partial charge in [-0.3, -0.25) is 9.59 Å². The van der Waals surface area contributed by atoms with Crippen LogP contribution >= 0.6 is 0 Å². The molecule has 1 unspecified atom stereocenters. The minimum atomic E-state index is -1.28. The van der Waals surface area contributed by atoms with Crippen LogP contribution in [-0.2, 0) is 16.1 Å². The van der Waals surface area contributed by atoms with Gasteiger partial charge in [0.05, 0.1) is 0 Å². The lowest BCUT2D eigenvalue weighted by atomic mass is 10.0. The van der Waals surface area contributed by atoms with Crippen LogP contribution in [0.1, 0.15) is 45.9 Å². The standard InChI is InChI=1S/C21H21FN2O4/c1-13-11-16(8-9-17(13)22)19(21(27)28)23-20(26)15-6-4-14(5-7-15)12-24-10-2-3-18(24)25/h4-9,11,19H,2-3,10,12H2,1H3,(H,23,26)(H,27,28). The van der Waals surface area contributed by atoms with Crippen molar-refractivity contribution in [3.8, 4) is 0 Å². The Morgan fingerprint density at radius 1 is 1.21 bits per heavy atom. The van der Waals surface area contributed by atoms with Crippen molar-refractivity contribution in [2.24, 2.45) is 0 Å². The molecule has 1 saturated heterocycles. The number of nitrogens with one attached hydrogen (secondary N) is 1. The first-order chi connectivity index (χ1) is 13.3. The fourth-order valence-corrected chi connectivity index (χ4v) is 3.20. The first-order valence-electron chi connectivity index (χ1n) is 9.01. The number of halogens is 1. The van der Waals surface area contributed by atoms with Gasteiger partial charge in [0.1, 0.15) is 5.82 Å². The minimum absolute atomic E-state index is 0.126. The van der Waals surface area contributed by atoms with Crippen LogP contribution in [0, 0.1) is 12.7 Å². The second-order valence-electron chi connectivity index (χ2n) is 6.87. The number of carbonyl (C=O) groups is 3. The number of carboxylic acid groups (broad SMARTS) is 1. The smallest absolute Gasteiger partial charge is 0.330 e. The monoisotopic (exact) mass is 384 g/mol. The van der Waals surface area contributed by atoms with Gasteiger partial charge in [-0.25, -0.2) is 9.18 Å². The number of amides is 2. The zero-order chi connectivity index (χ0) is 20.3. The molecule has 1 aliphatic rings. The number of carbonyl (C=O) groups excluding carboxylic acids is 2. The lowest BCUT2D eigenvalue weighted by Crippen LogP contribution is -2.33. The first kappa shape index (κ1) is 19.5. The molecule has 7 heteroatoms. The molecule has 0 bridgehead atoms. The Hall–Kier alpha value is -3.22. The van der Waals surface area contributed by atoms with Gasteiger partial charge in [0.15, 0.2) is 6.04 Å². The van der Waals surface area contributed by atoms with Crippen LogP contribution in [0.2, 0.25) is 0 Å². The number of benzene rings is 2. The third-order valence-corrected chi connectivity index (χ3v) is 4.80. The Bertz CT molecular complexity index is 911. The molecule has 2 N–H and O–H groups in total. The summed E-state index contributed by atoms with van der Waals surface area (Å²) in [5.41, 5.74) is 1.81. The number of hydrogen-bond acceptors (Lipinski definition) is 3. The summed E-state index contributed by atoms with van der Waals surface area (Å²) in [7, 11) is 0. The number of aliphatic carboxylic acids is 1. The third kappa shape index (κ3) is 4.36. The Balaban J connectivity index is 1.70. The van der Waals surface area contributed by atoms with Crippen LogP contribution in [-0.4, -0.2) is 34.3 Å². The molecule has 0 radical (unpaired) electrons. The van der Waals surface area contributed by atoms with Gasteiger partial charge in [-0.1, -0.05) is 24.3 Å². The highest BCUT2D eigenvalue weighted by Gasteiger charge is 2.24. The molecular weight excluding hydrogens is 363 g/mol. The largest absolute Gasteiger partial charge is 0.479 e. The van der Waals surface area contributed by atoms with E-state index in [-0.39, 0.29) is 5.91 Å². The molecular formula is C21H21FN2O4. The van der Waals surface area contributed by atoms with Crippen molar-refractivity contribution in [1.82, 2.24) is 10.2 Å². The van der Waals surface area contributed by atoms with Crippen molar-refractivity contribution < 1.29 is 23.9 Å². The van der Waals surface area contributed by atoms with E-state index in [1.165, 1.54) is 25.1 Å². The van der Waals surface area contributed by atoms with Crippen molar-refractivity contribution >= 4 is 17.8 Å². The van der Waals surface area contributed by atoms with Crippen molar-refractivity contribution in [2.45, 2.75) is 32.4 Å². The normalized spacial score (nSPS) is 14.8. The van der Waals surface area contributed by atoms with Gasteiger partial charge in [-0.2, -0.15) is 0 Å². The van der Waals surface area contributed by atoms with Gasteiger partial charge in [0, 0.05) is 25.1 Å². The molecule has 2 aromatic carbocycles. The lowest BCUT2D eigenvalue weighted by Gasteiger charge is -2.17. The van der Waals surface area contributed by atoms with Gasteiger partial charge < -0.3 is 15.3 Å². The number of nitrogens with zero attached hydrogens (tertiary/aromatic N) is 1.